The summed E-state index contributed by atoms with van der Waals surface area (Å²) in [7, 11) is 0. The van der Waals surface area contributed by atoms with E-state index in [-0.39, 0.29) is 29.6 Å². The maximum Gasteiger partial charge on any atom is 0.253 e. The highest BCUT2D eigenvalue weighted by Gasteiger charge is 2.31. The second-order valence-electron chi connectivity index (χ2n) is 10.9. The predicted octanol–water partition coefficient (Wildman–Crippen LogP) is 1.28. The van der Waals surface area contributed by atoms with E-state index in [1.807, 2.05) is 12.1 Å². The van der Waals surface area contributed by atoms with Crippen LogP contribution < -0.4 is 26.6 Å². The molecule has 0 radical (unpaired) electrons. The summed E-state index contributed by atoms with van der Waals surface area (Å²) in [5, 5.41) is 17.3. The molecule has 2 aliphatic heterocycles. The van der Waals surface area contributed by atoms with Gasteiger partial charge in [-0.05, 0) is 94.2 Å². The Morgan fingerprint density at radius 1 is 0.763 bits per heavy atom. The van der Waals surface area contributed by atoms with E-state index in [1.54, 1.807) is 0 Å². The molecule has 2 fully saturated rings. The molecule has 0 atom stereocenters. The third kappa shape index (κ3) is 9.01. The van der Waals surface area contributed by atoms with E-state index in [0.717, 1.165) is 96.6 Å². The van der Waals surface area contributed by atoms with Crippen molar-refractivity contribution in [2.45, 2.75) is 38.5 Å². The summed E-state index contributed by atoms with van der Waals surface area (Å²) in [4.78, 5) is 37.8. The Morgan fingerprint density at radius 3 is 1.95 bits per heavy atom. The second-order valence-corrected chi connectivity index (χ2v) is 10.9. The van der Waals surface area contributed by atoms with Gasteiger partial charge in [0.1, 0.15) is 0 Å². The summed E-state index contributed by atoms with van der Waals surface area (Å²) in [6.45, 7) is 8.44. The number of carbonyl (C=O) groups is 3. The third-order valence-electron chi connectivity index (χ3n) is 7.83. The zero-order chi connectivity index (χ0) is 26.6. The molecule has 208 valence electrons. The van der Waals surface area contributed by atoms with Gasteiger partial charge < -0.3 is 26.6 Å². The smallest absolute Gasteiger partial charge is 0.253 e. The first-order valence-electron chi connectivity index (χ1n) is 14.3. The topological polar surface area (TPSA) is 115 Å². The van der Waals surface area contributed by atoms with Gasteiger partial charge in [-0.2, -0.15) is 0 Å². The SMILES string of the molecule is O=C(Nc1ccc(CC2CNCCNCCCNCCNC2)cc1)C1CCC(CN2C(=O)C=CC2=O)CC1. The van der Waals surface area contributed by atoms with Crippen molar-refractivity contribution in [1.82, 2.24) is 26.2 Å². The van der Waals surface area contributed by atoms with Crippen molar-refractivity contribution in [2.24, 2.45) is 17.8 Å². The molecule has 1 aliphatic carbocycles. The van der Waals surface area contributed by atoms with Crippen molar-refractivity contribution < 1.29 is 14.4 Å². The zero-order valence-electron chi connectivity index (χ0n) is 22.5. The van der Waals surface area contributed by atoms with Crippen molar-refractivity contribution in [2.75, 3.05) is 64.2 Å². The summed E-state index contributed by atoms with van der Waals surface area (Å²) < 4.78 is 0. The Labute approximate surface area is 226 Å². The normalized spacial score (nSPS) is 24.8. The minimum atomic E-state index is -0.224. The summed E-state index contributed by atoms with van der Waals surface area (Å²) in [5.41, 5.74) is 2.11. The number of rotatable bonds is 6. The molecule has 9 nitrogen and oxygen atoms in total. The Morgan fingerprint density at radius 2 is 1.34 bits per heavy atom. The molecule has 1 aromatic rings. The highest BCUT2D eigenvalue weighted by Crippen LogP contribution is 2.31. The van der Waals surface area contributed by atoms with Crippen LogP contribution in [0.5, 0.6) is 0 Å². The number of hydrogen-bond donors (Lipinski definition) is 5. The Kier molecular flexibility index (Phi) is 11.3. The van der Waals surface area contributed by atoms with E-state index in [1.165, 1.54) is 22.6 Å². The Bertz CT molecular complexity index is 910. The first kappa shape index (κ1) is 28.4. The van der Waals surface area contributed by atoms with E-state index in [9.17, 15) is 14.4 Å². The number of amides is 3. The molecule has 1 aromatic carbocycles. The molecule has 0 spiro atoms. The van der Waals surface area contributed by atoms with E-state index in [4.69, 9.17) is 0 Å². The van der Waals surface area contributed by atoms with Crippen molar-refractivity contribution in [3.63, 3.8) is 0 Å². The van der Waals surface area contributed by atoms with Gasteiger partial charge in [0, 0.05) is 56.5 Å². The molecule has 0 bridgehead atoms. The van der Waals surface area contributed by atoms with Crippen LogP contribution in [0, 0.1) is 17.8 Å². The third-order valence-corrected chi connectivity index (χ3v) is 7.83. The number of hydrogen-bond acceptors (Lipinski definition) is 7. The Hall–Kier alpha value is -2.59. The standard InChI is InChI=1S/C29H44N6O3/c36-27-10-11-28(37)35(27)21-23-2-6-25(7-3-23)29(38)34-26-8-4-22(5-9-26)18-24-19-32-16-14-30-12-1-13-31-15-17-33-20-24/h4-5,8-11,23-25,30-33H,1-3,6-7,12-21H2,(H,34,38). The van der Waals surface area contributed by atoms with Crippen LogP contribution in [0.15, 0.2) is 36.4 Å². The van der Waals surface area contributed by atoms with E-state index in [0.29, 0.717) is 12.5 Å². The fourth-order valence-corrected chi connectivity index (χ4v) is 5.55. The molecule has 2 heterocycles. The van der Waals surface area contributed by atoms with Gasteiger partial charge in [0.15, 0.2) is 0 Å². The lowest BCUT2D eigenvalue weighted by molar-refractivity contribution is -0.138. The van der Waals surface area contributed by atoms with Crippen molar-refractivity contribution in [1.29, 1.82) is 0 Å². The molecule has 1 saturated heterocycles. The average Bonchev–Trinajstić information content (AvgIpc) is 3.24. The molecule has 3 amide bonds. The number of benzene rings is 1. The number of anilines is 1. The monoisotopic (exact) mass is 524 g/mol. The zero-order valence-corrected chi connectivity index (χ0v) is 22.5. The molecule has 38 heavy (non-hydrogen) atoms. The number of imide groups is 1. The van der Waals surface area contributed by atoms with Gasteiger partial charge in [-0.3, -0.25) is 19.3 Å². The first-order valence-corrected chi connectivity index (χ1v) is 14.3. The minimum absolute atomic E-state index is 0.0279. The highest BCUT2D eigenvalue weighted by molar-refractivity contribution is 6.12. The number of carbonyl (C=O) groups excluding carboxylic acids is 3. The van der Waals surface area contributed by atoms with Crippen molar-refractivity contribution in [3.05, 3.63) is 42.0 Å². The highest BCUT2D eigenvalue weighted by atomic mass is 16.2. The number of nitrogens with zero attached hydrogens (tertiary/aromatic N) is 1. The van der Waals surface area contributed by atoms with Gasteiger partial charge in [0.25, 0.3) is 11.8 Å². The fourth-order valence-electron chi connectivity index (χ4n) is 5.55. The van der Waals surface area contributed by atoms with E-state index in [2.05, 4.69) is 38.7 Å². The Balaban J connectivity index is 1.20. The molecule has 9 heteroatoms. The average molecular weight is 525 g/mol. The van der Waals surface area contributed by atoms with E-state index < -0.39 is 0 Å². The summed E-state index contributed by atoms with van der Waals surface area (Å²) in [6, 6.07) is 8.26. The second kappa shape index (κ2) is 15.1. The molecule has 5 N–H and O–H groups in total. The van der Waals surface area contributed by atoms with Crippen LogP contribution >= 0.6 is 0 Å². The lowest BCUT2D eigenvalue weighted by Crippen LogP contribution is -2.39. The minimum Gasteiger partial charge on any atom is -0.326 e. The van der Waals surface area contributed by atoms with Crippen LogP contribution in [0.3, 0.4) is 0 Å². The van der Waals surface area contributed by atoms with E-state index >= 15 is 0 Å². The molecular formula is C29H44N6O3. The van der Waals surface area contributed by atoms with Gasteiger partial charge in [-0.25, -0.2) is 0 Å². The van der Waals surface area contributed by atoms with Crippen LogP contribution in [0.1, 0.15) is 37.7 Å². The summed E-state index contributed by atoms with van der Waals surface area (Å²) in [6.07, 6.45) is 8.07. The molecule has 1 saturated carbocycles. The van der Waals surface area contributed by atoms with Crippen LogP contribution in [-0.4, -0.2) is 81.5 Å². The molecule has 4 rings (SSSR count). The largest absolute Gasteiger partial charge is 0.326 e. The van der Waals surface area contributed by atoms with Gasteiger partial charge in [-0.15, -0.1) is 0 Å². The van der Waals surface area contributed by atoms with Gasteiger partial charge in [0.05, 0.1) is 0 Å². The maximum atomic E-state index is 12.9. The number of nitrogens with one attached hydrogen (secondary N) is 5. The van der Waals surface area contributed by atoms with Crippen LogP contribution in [-0.2, 0) is 20.8 Å². The lowest BCUT2D eigenvalue weighted by atomic mass is 9.81. The van der Waals surface area contributed by atoms with Crippen LogP contribution in [0.2, 0.25) is 0 Å². The lowest BCUT2D eigenvalue weighted by Gasteiger charge is -2.30. The summed E-state index contributed by atoms with van der Waals surface area (Å²) >= 11 is 0. The maximum absolute atomic E-state index is 12.9. The molecule has 3 aliphatic rings. The van der Waals surface area contributed by atoms with Gasteiger partial charge in [0.2, 0.25) is 5.91 Å². The molecule has 0 aromatic heterocycles. The van der Waals surface area contributed by atoms with Crippen LogP contribution in [0.25, 0.3) is 0 Å². The quantitative estimate of drug-likeness (QED) is 0.356. The van der Waals surface area contributed by atoms with Crippen molar-refractivity contribution in [3.8, 4) is 0 Å². The van der Waals surface area contributed by atoms with Gasteiger partial charge >= 0.3 is 0 Å². The van der Waals surface area contributed by atoms with Crippen molar-refractivity contribution >= 4 is 23.4 Å². The predicted molar refractivity (Wildman–Crippen MR) is 150 cm³/mol. The van der Waals surface area contributed by atoms with Gasteiger partial charge in [-0.1, -0.05) is 12.1 Å². The molecular weight excluding hydrogens is 480 g/mol. The first-order chi connectivity index (χ1) is 18.6. The van der Waals surface area contributed by atoms with Crippen LogP contribution in [0.4, 0.5) is 5.69 Å². The summed E-state index contributed by atoms with van der Waals surface area (Å²) in [5.74, 6) is 0.353. The fraction of sp³-hybridized carbons (Fsp3) is 0.621. The molecule has 0 unspecified atom stereocenters.